The van der Waals surface area contributed by atoms with Crippen molar-refractivity contribution in [1.82, 2.24) is 14.7 Å². The van der Waals surface area contributed by atoms with E-state index in [4.69, 9.17) is 14.5 Å². The van der Waals surface area contributed by atoms with E-state index in [1.807, 2.05) is 24.4 Å². The number of aromatic nitrogens is 2. The molecule has 1 fully saturated rings. The van der Waals surface area contributed by atoms with E-state index < -0.39 is 14.8 Å². The first-order valence-electron chi connectivity index (χ1n) is 9.94. The fourth-order valence-corrected chi connectivity index (χ4v) is 4.60. The first-order valence-corrected chi connectivity index (χ1v) is 11.4. The van der Waals surface area contributed by atoms with Crippen LogP contribution in [0.15, 0.2) is 24.4 Å². The summed E-state index contributed by atoms with van der Waals surface area (Å²) < 4.78 is 37.5. The summed E-state index contributed by atoms with van der Waals surface area (Å²) in [5.74, 6) is 2.61. The van der Waals surface area contributed by atoms with E-state index in [-0.39, 0.29) is 6.04 Å². The molecule has 0 bridgehead atoms. The summed E-state index contributed by atoms with van der Waals surface area (Å²) in [6, 6.07) is 5.74. The molecule has 1 heterocycles. The second kappa shape index (κ2) is 8.36. The number of aromatic amines is 1. The van der Waals surface area contributed by atoms with Crippen molar-refractivity contribution in [3.8, 4) is 22.8 Å². The van der Waals surface area contributed by atoms with Crippen molar-refractivity contribution in [3.63, 3.8) is 0 Å². The highest BCUT2D eigenvalue weighted by molar-refractivity contribution is 7.90. The molecule has 3 rings (SSSR count). The Labute approximate surface area is 173 Å². The minimum atomic E-state index is -3.32. The summed E-state index contributed by atoms with van der Waals surface area (Å²) in [6.07, 6.45) is 5.33. The summed E-state index contributed by atoms with van der Waals surface area (Å²) in [6.45, 7) is 5.17. The van der Waals surface area contributed by atoms with Crippen LogP contribution < -0.4 is 14.2 Å². The maximum atomic E-state index is 12.4. The van der Waals surface area contributed by atoms with Gasteiger partial charge in [-0.25, -0.2) is 18.1 Å². The molecule has 2 aromatic rings. The number of rotatable bonds is 6. The highest BCUT2D eigenvalue weighted by Crippen LogP contribution is 2.35. The van der Waals surface area contributed by atoms with E-state index in [1.165, 1.54) is 0 Å². The zero-order valence-corrected chi connectivity index (χ0v) is 18.6. The number of nitrogens with one attached hydrogen (secondary N) is 2. The Morgan fingerprint density at radius 3 is 2.31 bits per heavy atom. The van der Waals surface area contributed by atoms with Crippen LogP contribution >= 0.6 is 0 Å². The molecule has 0 radical (unpaired) electrons. The molecule has 0 spiro atoms. The fraction of sp³-hybridized carbons (Fsp3) is 0.571. The SMILES string of the molecule is COc1ccc(-c2c[nH]c([C@H]3CC[C@H](NS(=O)(=O)C(C)(C)C)CC3)n2)cc1OC. The number of benzene rings is 1. The molecule has 2 N–H and O–H groups in total. The Hall–Kier alpha value is -2.06. The van der Waals surface area contributed by atoms with Gasteiger partial charge in [0, 0.05) is 23.7 Å². The number of nitrogens with zero attached hydrogens (tertiary/aromatic N) is 1. The molecule has 1 aliphatic rings. The third-order valence-electron chi connectivity index (χ3n) is 5.52. The number of hydrogen-bond donors (Lipinski definition) is 2. The average Bonchev–Trinajstić information content (AvgIpc) is 3.17. The quantitative estimate of drug-likeness (QED) is 0.739. The van der Waals surface area contributed by atoms with Crippen molar-refractivity contribution < 1.29 is 17.9 Å². The third-order valence-corrected chi connectivity index (χ3v) is 7.77. The number of hydrogen-bond acceptors (Lipinski definition) is 5. The Morgan fingerprint density at radius 2 is 1.72 bits per heavy atom. The van der Waals surface area contributed by atoms with Gasteiger partial charge in [-0.05, 0) is 64.7 Å². The average molecular weight is 422 g/mol. The van der Waals surface area contributed by atoms with Crippen molar-refractivity contribution in [3.05, 3.63) is 30.2 Å². The van der Waals surface area contributed by atoms with Gasteiger partial charge in [-0.15, -0.1) is 0 Å². The Bertz CT molecular complexity index is 939. The van der Waals surface area contributed by atoms with Crippen LogP contribution in [0.3, 0.4) is 0 Å². The molecular formula is C21H31N3O4S. The predicted octanol–water partition coefficient (Wildman–Crippen LogP) is 3.84. The lowest BCUT2D eigenvalue weighted by Gasteiger charge is -2.30. The lowest BCUT2D eigenvalue weighted by atomic mass is 9.86. The molecule has 0 amide bonds. The van der Waals surface area contributed by atoms with E-state index in [9.17, 15) is 8.42 Å². The van der Waals surface area contributed by atoms with Crippen LogP contribution in [-0.2, 0) is 10.0 Å². The largest absolute Gasteiger partial charge is 0.493 e. The molecular weight excluding hydrogens is 390 g/mol. The first-order chi connectivity index (χ1) is 13.6. The minimum absolute atomic E-state index is 0.00393. The molecule has 1 aliphatic carbocycles. The van der Waals surface area contributed by atoms with E-state index in [0.29, 0.717) is 17.4 Å². The predicted molar refractivity (Wildman–Crippen MR) is 114 cm³/mol. The van der Waals surface area contributed by atoms with Crippen molar-refractivity contribution >= 4 is 10.0 Å². The molecule has 1 saturated carbocycles. The third kappa shape index (κ3) is 4.75. The lowest BCUT2D eigenvalue weighted by molar-refractivity contribution is 0.355. The molecule has 7 nitrogen and oxygen atoms in total. The highest BCUT2D eigenvalue weighted by atomic mass is 32.2. The summed E-state index contributed by atoms with van der Waals surface area (Å²) in [5.41, 5.74) is 1.81. The zero-order valence-electron chi connectivity index (χ0n) is 17.8. The lowest BCUT2D eigenvalue weighted by Crippen LogP contribution is -2.45. The van der Waals surface area contributed by atoms with Crippen molar-refractivity contribution in [2.75, 3.05) is 14.2 Å². The molecule has 0 unspecified atom stereocenters. The van der Waals surface area contributed by atoms with E-state index in [1.54, 1.807) is 35.0 Å². The van der Waals surface area contributed by atoms with Gasteiger partial charge in [0.15, 0.2) is 11.5 Å². The second-order valence-electron chi connectivity index (χ2n) is 8.52. The number of methoxy groups -OCH3 is 2. The van der Waals surface area contributed by atoms with Crippen LogP contribution in [0, 0.1) is 0 Å². The van der Waals surface area contributed by atoms with Crippen molar-refractivity contribution in [2.45, 2.75) is 63.2 Å². The number of imidazole rings is 1. The van der Waals surface area contributed by atoms with Gasteiger partial charge in [-0.2, -0.15) is 0 Å². The maximum absolute atomic E-state index is 12.4. The molecule has 1 aromatic heterocycles. The van der Waals surface area contributed by atoms with Gasteiger partial charge in [0.25, 0.3) is 0 Å². The first kappa shape index (κ1) is 21.6. The summed E-state index contributed by atoms with van der Waals surface area (Å²) in [7, 11) is -0.0911. The van der Waals surface area contributed by atoms with Crippen molar-refractivity contribution in [2.24, 2.45) is 0 Å². The van der Waals surface area contributed by atoms with Crippen LogP contribution in [0.4, 0.5) is 0 Å². The molecule has 1 aromatic carbocycles. The topological polar surface area (TPSA) is 93.3 Å². The molecule has 0 saturated heterocycles. The van der Waals surface area contributed by atoms with Crippen LogP contribution in [0.25, 0.3) is 11.3 Å². The molecule has 8 heteroatoms. The van der Waals surface area contributed by atoms with Gasteiger partial charge < -0.3 is 14.5 Å². The molecule has 160 valence electrons. The standard InChI is InChI=1S/C21H31N3O4S/c1-21(2,3)29(25,26)24-16-9-6-14(7-10-16)20-22-13-17(23-20)15-8-11-18(27-4)19(12-15)28-5/h8,11-14,16,24H,6-7,9-10H2,1-5H3,(H,22,23)/t14-,16-. The number of ether oxygens (including phenoxy) is 2. The smallest absolute Gasteiger partial charge is 0.216 e. The van der Waals surface area contributed by atoms with Gasteiger partial charge >= 0.3 is 0 Å². The van der Waals surface area contributed by atoms with E-state index >= 15 is 0 Å². The Kier molecular flexibility index (Phi) is 6.24. The van der Waals surface area contributed by atoms with Gasteiger partial charge in [-0.1, -0.05) is 0 Å². The summed E-state index contributed by atoms with van der Waals surface area (Å²) in [4.78, 5) is 8.09. The van der Waals surface area contributed by atoms with Gasteiger partial charge in [0.2, 0.25) is 10.0 Å². The van der Waals surface area contributed by atoms with Gasteiger partial charge in [0.1, 0.15) is 5.82 Å². The zero-order chi connectivity index (χ0) is 21.2. The van der Waals surface area contributed by atoms with E-state index in [2.05, 4.69) is 9.71 Å². The van der Waals surface area contributed by atoms with Crippen molar-refractivity contribution in [1.29, 1.82) is 0 Å². The number of sulfonamides is 1. The molecule has 0 aliphatic heterocycles. The van der Waals surface area contributed by atoms with Crippen LogP contribution in [0.5, 0.6) is 11.5 Å². The van der Waals surface area contributed by atoms with Crippen LogP contribution in [0.2, 0.25) is 0 Å². The highest BCUT2D eigenvalue weighted by Gasteiger charge is 2.33. The second-order valence-corrected chi connectivity index (χ2v) is 11.0. The molecule has 29 heavy (non-hydrogen) atoms. The normalized spacial score (nSPS) is 20.4. The van der Waals surface area contributed by atoms with E-state index in [0.717, 1.165) is 42.8 Å². The minimum Gasteiger partial charge on any atom is -0.493 e. The number of H-pyrrole nitrogens is 1. The molecule has 0 atom stereocenters. The monoisotopic (exact) mass is 421 g/mol. The van der Waals surface area contributed by atoms with Crippen LogP contribution in [-0.4, -0.2) is 43.4 Å². The van der Waals surface area contributed by atoms with Crippen LogP contribution in [0.1, 0.15) is 58.2 Å². The van der Waals surface area contributed by atoms with Gasteiger partial charge in [-0.3, -0.25) is 0 Å². The summed E-state index contributed by atoms with van der Waals surface area (Å²) >= 11 is 0. The fourth-order valence-electron chi connectivity index (χ4n) is 3.57. The van der Waals surface area contributed by atoms with Gasteiger partial charge in [0.05, 0.1) is 24.7 Å². The summed E-state index contributed by atoms with van der Waals surface area (Å²) in [5, 5.41) is 0. The Balaban J connectivity index is 1.65. The Morgan fingerprint density at radius 1 is 1.07 bits per heavy atom. The maximum Gasteiger partial charge on any atom is 0.216 e.